The van der Waals surface area contributed by atoms with Gasteiger partial charge in [0.2, 0.25) is 0 Å². The molecule has 0 amide bonds. The van der Waals surface area contributed by atoms with Crippen molar-refractivity contribution in [3.63, 3.8) is 0 Å². The van der Waals surface area contributed by atoms with Crippen molar-refractivity contribution in [2.24, 2.45) is 5.92 Å². The lowest BCUT2D eigenvalue weighted by Crippen LogP contribution is -2.35. The molecular formula is C57H59F2NO4. The van der Waals surface area contributed by atoms with E-state index in [0.29, 0.717) is 22.8 Å². The van der Waals surface area contributed by atoms with Crippen LogP contribution in [0.1, 0.15) is 129 Å². The Morgan fingerprint density at radius 3 is 2.17 bits per heavy atom. The lowest BCUT2D eigenvalue weighted by molar-refractivity contribution is -0.185. The minimum Gasteiger partial charge on any atom is -0.472 e. The maximum absolute atomic E-state index is 15.6. The Morgan fingerprint density at radius 2 is 1.47 bits per heavy atom. The van der Waals surface area contributed by atoms with Gasteiger partial charge in [0.05, 0.1) is 17.7 Å². The number of benzene rings is 6. The van der Waals surface area contributed by atoms with Gasteiger partial charge in [-0.25, -0.2) is 4.79 Å². The molecule has 6 aromatic rings. The van der Waals surface area contributed by atoms with Crippen molar-refractivity contribution < 1.29 is 27.8 Å². The van der Waals surface area contributed by atoms with E-state index in [2.05, 4.69) is 48.2 Å². The standard InChI is InChI=1S/C57H59F2NO4/c1-3-5-8-13-40-16-18-41(19-17-40)42-20-25-48(26-21-42)57(58,59)63-50-31-22-43(23-32-50)44-24-33-51-45(38-44)39-53(55(61)62-4-2)52-34-35-56(64-54(51)52,46-14-9-6-10-15-46)47-27-29-49(30-28-47)60-36-11-7-12-37-60/h6,9-10,14-15,20-35,38-41H,3-5,7-8,11-13,16-19,36-37H2,1-2H3. The van der Waals surface area contributed by atoms with E-state index in [1.807, 2.05) is 66.7 Å². The number of nitrogens with zero attached hydrogens (tertiary/aromatic N) is 1. The highest BCUT2D eigenvalue weighted by molar-refractivity contribution is 6.05. The number of piperidine rings is 1. The van der Waals surface area contributed by atoms with Crippen molar-refractivity contribution in [3.05, 3.63) is 167 Å². The Hall–Kier alpha value is -5.95. The molecule has 1 unspecified atom stereocenters. The predicted octanol–water partition coefficient (Wildman–Crippen LogP) is 15.0. The number of hydrogen-bond acceptors (Lipinski definition) is 5. The molecule has 0 N–H and O–H groups in total. The van der Waals surface area contributed by atoms with Crippen LogP contribution in [0.3, 0.4) is 0 Å². The third-order valence-corrected chi connectivity index (χ3v) is 13.8. The molecule has 2 aliphatic heterocycles. The first-order valence-electron chi connectivity index (χ1n) is 23.6. The molecule has 7 heteroatoms. The summed E-state index contributed by atoms with van der Waals surface area (Å²) in [6.07, 6.45) is 14.1. The highest BCUT2D eigenvalue weighted by atomic mass is 19.3. The van der Waals surface area contributed by atoms with Gasteiger partial charge in [-0.1, -0.05) is 111 Å². The molecule has 6 aromatic carbocycles. The van der Waals surface area contributed by atoms with Crippen LogP contribution in [0.4, 0.5) is 14.5 Å². The molecule has 9 rings (SSSR count). The summed E-state index contributed by atoms with van der Waals surface area (Å²) in [6.45, 7) is 6.38. The lowest BCUT2D eigenvalue weighted by atomic mass is 9.77. The summed E-state index contributed by atoms with van der Waals surface area (Å²) in [7, 11) is 0. The van der Waals surface area contributed by atoms with Gasteiger partial charge in [0.25, 0.3) is 0 Å². The Balaban J connectivity index is 0.966. The molecule has 0 bridgehead atoms. The zero-order valence-electron chi connectivity index (χ0n) is 37.2. The van der Waals surface area contributed by atoms with E-state index in [0.717, 1.165) is 70.4 Å². The first-order chi connectivity index (χ1) is 31.2. The molecule has 0 radical (unpaired) electrons. The topological polar surface area (TPSA) is 48.0 Å². The summed E-state index contributed by atoms with van der Waals surface area (Å²) in [4.78, 5) is 16.0. The summed E-state index contributed by atoms with van der Waals surface area (Å²) in [6, 6.07) is 40.2. The SMILES string of the molecule is CCCCCC1CCC(c2ccc(C(F)(F)Oc3ccc(-c4ccc5c6c(c(C(=O)OCC)cc5c4)C=CC(c4ccccc4)(c4ccc(N5CCCCC5)cc4)O6)cc3)cc2)CC1. The Labute approximate surface area is 377 Å². The van der Waals surface area contributed by atoms with Crippen molar-refractivity contribution in [3.8, 4) is 22.6 Å². The van der Waals surface area contributed by atoms with Crippen molar-refractivity contribution in [2.45, 2.75) is 102 Å². The number of ether oxygens (including phenoxy) is 3. The molecule has 1 saturated heterocycles. The van der Waals surface area contributed by atoms with Gasteiger partial charge in [0, 0.05) is 40.9 Å². The Bertz CT molecular complexity index is 2560. The maximum atomic E-state index is 15.6. The van der Waals surface area contributed by atoms with Crippen molar-refractivity contribution >= 4 is 28.5 Å². The van der Waals surface area contributed by atoms with Crippen LogP contribution in [0.15, 0.2) is 133 Å². The summed E-state index contributed by atoms with van der Waals surface area (Å²) in [5.41, 5.74) is 5.87. The molecule has 2 heterocycles. The molecule has 1 saturated carbocycles. The monoisotopic (exact) mass is 859 g/mol. The van der Waals surface area contributed by atoms with Gasteiger partial charge in [-0.05, 0) is 146 Å². The van der Waals surface area contributed by atoms with Crippen LogP contribution in [-0.2, 0) is 16.4 Å². The predicted molar refractivity (Wildman–Crippen MR) is 255 cm³/mol. The number of anilines is 1. The number of fused-ring (bicyclic) bond motifs is 3. The number of halogens is 2. The summed E-state index contributed by atoms with van der Waals surface area (Å²) in [5.74, 6) is 1.45. The molecule has 5 nitrogen and oxygen atoms in total. The van der Waals surface area contributed by atoms with E-state index in [9.17, 15) is 4.79 Å². The minimum absolute atomic E-state index is 0.0695. The fourth-order valence-corrected chi connectivity index (χ4v) is 10.2. The number of carbonyl (C=O) groups excluding carboxylic acids is 1. The highest BCUT2D eigenvalue weighted by Crippen LogP contribution is 2.48. The van der Waals surface area contributed by atoms with Crippen LogP contribution in [0, 0.1) is 5.92 Å². The van der Waals surface area contributed by atoms with Crippen LogP contribution < -0.4 is 14.4 Å². The molecule has 3 aliphatic rings. The van der Waals surface area contributed by atoms with Gasteiger partial charge >= 0.3 is 12.1 Å². The van der Waals surface area contributed by atoms with Crippen LogP contribution in [0.5, 0.6) is 11.5 Å². The quantitative estimate of drug-likeness (QED) is 0.0807. The zero-order chi connectivity index (χ0) is 44.1. The molecule has 0 aromatic heterocycles. The number of esters is 1. The third-order valence-electron chi connectivity index (χ3n) is 13.8. The van der Waals surface area contributed by atoms with Crippen LogP contribution in [0.2, 0.25) is 0 Å². The number of hydrogen-bond donors (Lipinski definition) is 0. The van der Waals surface area contributed by atoms with Gasteiger partial charge < -0.3 is 19.1 Å². The average molecular weight is 860 g/mol. The summed E-state index contributed by atoms with van der Waals surface area (Å²) < 4.78 is 49.4. The van der Waals surface area contributed by atoms with Crippen molar-refractivity contribution in [1.82, 2.24) is 0 Å². The minimum atomic E-state index is -3.50. The largest absolute Gasteiger partial charge is 0.472 e. The van der Waals surface area contributed by atoms with E-state index in [1.54, 1.807) is 31.2 Å². The molecule has 0 spiro atoms. The van der Waals surface area contributed by atoms with E-state index in [4.69, 9.17) is 14.2 Å². The summed E-state index contributed by atoms with van der Waals surface area (Å²) >= 11 is 0. The second-order valence-corrected chi connectivity index (χ2v) is 17.9. The molecular weight excluding hydrogens is 801 g/mol. The number of unbranched alkanes of at least 4 members (excludes halogenated alkanes) is 2. The first-order valence-corrected chi connectivity index (χ1v) is 23.6. The zero-order valence-corrected chi connectivity index (χ0v) is 37.2. The number of alkyl halides is 2. The van der Waals surface area contributed by atoms with E-state index >= 15 is 8.78 Å². The fraction of sp³-hybridized carbons (Fsp3) is 0.351. The van der Waals surface area contributed by atoms with Gasteiger partial charge in [-0.15, -0.1) is 0 Å². The summed E-state index contributed by atoms with van der Waals surface area (Å²) in [5, 5.41) is 1.62. The van der Waals surface area contributed by atoms with Crippen molar-refractivity contribution in [2.75, 3.05) is 24.6 Å². The number of carbonyl (C=O) groups is 1. The molecule has 1 atom stereocenters. The molecule has 330 valence electrons. The second-order valence-electron chi connectivity index (χ2n) is 17.9. The van der Waals surface area contributed by atoms with E-state index in [1.165, 1.54) is 75.6 Å². The van der Waals surface area contributed by atoms with Crippen LogP contribution >= 0.6 is 0 Å². The maximum Gasteiger partial charge on any atom is 0.426 e. The Morgan fingerprint density at radius 1 is 0.766 bits per heavy atom. The normalized spacial score (nSPS) is 19.8. The molecule has 64 heavy (non-hydrogen) atoms. The van der Waals surface area contributed by atoms with Gasteiger partial charge in [0.1, 0.15) is 11.5 Å². The van der Waals surface area contributed by atoms with Crippen LogP contribution in [0.25, 0.3) is 28.0 Å². The second kappa shape index (κ2) is 19.0. The van der Waals surface area contributed by atoms with E-state index < -0.39 is 17.7 Å². The first kappa shape index (κ1) is 43.3. The highest BCUT2D eigenvalue weighted by Gasteiger charge is 2.39. The lowest BCUT2D eigenvalue weighted by Gasteiger charge is -2.37. The van der Waals surface area contributed by atoms with Crippen molar-refractivity contribution in [1.29, 1.82) is 0 Å². The van der Waals surface area contributed by atoms with Crippen LogP contribution in [-0.4, -0.2) is 25.7 Å². The van der Waals surface area contributed by atoms with Gasteiger partial charge in [-0.3, -0.25) is 0 Å². The number of rotatable bonds is 14. The smallest absolute Gasteiger partial charge is 0.426 e. The fourth-order valence-electron chi connectivity index (χ4n) is 10.2. The molecule has 2 fully saturated rings. The van der Waals surface area contributed by atoms with E-state index in [-0.39, 0.29) is 17.9 Å². The third kappa shape index (κ3) is 9.04. The van der Waals surface area contributed by atoms with Gasteiger partial charge in [-0.2, -0.15) is 8.78 Å². The van der Waals surface area contributed by atoms with Gasteiger partial charge in [0.15, 0.2) is 5.60 Å². The molecule has 1 aliphatic carbocycles. The average Bonchev–Trinajstić information content (AvgIpc) is 3.34. The Kier molecular flexibility index (Phi) is 12.9.